The topological polar surface area (TPSA) is 9.23 Å². The quantitative estimate of drug-likeness (QED) is 0.761. The summed E-state index contributed by atoms with van der Waals surface area (Å²) in [5.41, 5.74) is -0.217. The van der Waals surface area contributed by atoms with E-state index in [-0.39, 0.29) is 5.92 Å². The molecule has 0 N–H and O–H groups in total. The third-order valence-corrected chi connectivity index (χ3v) is 3.18. The Morgan fingerprint density at radius 3 is 2.62 bits per heavy atom. The van der Waals surface area contributed by atoms with E-state index in [4.69, 9.17) is 4.74 Å². The van der Waals surface area contributed by atoms with Crippen LogP contribution in [0, 0.1) is 0 Å². The average Bonchev–Trinajstić information content (AvgIpc) is 2.69. The van der Waals surface area contributed by atoms with Crippen molar-refractivity contribution < 1.29 is 17.9 Å². The summed E-state index contributed by atoms with van der Waals surface area (Å²) in [5, 5.41) is 0. The van der Waals surface area contributed by atoms with Gasteiger partial charge in [-0.2, -0.15) is 13.2 Å². The smallest absolute Gasteiger partial charge is 0.381 e. The normalized spacial score (nSPS) is 21.4. The van der Waals surface area contributed by atoms with E-state index in [0.717, 1.165) is 6.07 Å². The first-order valence-electron chi connectivity index (χ1n) is 4.93. The first-order valence-corrected chi connectivity index (χ1v) is 5.72. The molecule has 16 heavy (non-hydrogen) atoms. The van der Waals surface area contributed by atoms with Crippen LogP contribution in [0.5, 0.6) is 0 Å². The van der Waals surface area contributed by atoms with Crippen molar-refractivity contribution in [2.45, 2.75) is 18.5 Å². The van der Waals surface area contributed by atoms with Gasteiger partial charge in [-0.05, 0) is 24.1 Å². The molecule has 1 fully saturated rings. The summed E-state index contributed by atoms with van der Waals surface area (Å²) < 4.78 is 44.0. The van der Waals surface area contributed by atoms with Crippen LogP contribution in [0.3, 0.4) is 0 Å². The fourth-order valence-corrected chi connectivity index (χ4v) is 2.27. The standard InChI is InChI=1S/C11H10BrF3O/c12-8-1-2-9(7-3-4-16-6-7)10(5-8)11(13,14)15/h1-2,5,7H,3-4,6H2. The summed E-state index contributed by atoms with van der Waals surface area (Å²) in [5.74, 6) is -0.135. The lowest BCUT2D eigenvalue weighted by molar-refractivity contribution is -0.138. The number of alkyl halides is 3. The van der Waals surface area contributed by atoms with Crippen molar-refractivity contribution in [2.75, 3.05) is 13.2 Å². The van der Waals surface area contributed by atoms with E-state index in [1.165, 1.54) is 6.07 Å². The zero-order chi connectivity index (χ0) is 11.8. The van der Waals surface area contributed by atoms with Crippen LogP contribution >= 0.6 is 15.9 Å². The second-order valence-electron chi connectivity index (χ2n) is 3.79. The number of rotatable bonds is 1. The molecule has 2 rings (SSSR count). The molecule has 0 aromatic heterocycles. The minimum atomic E-state index is -4.30. The van der Waals surface area contributed by atoms with Gasteiger partial charge in [0.15, 0.2) is 0 Å². The molecule has 0 saturated carbocycles. The maximum atomic E-state index is 12.8. The van der Waals surface area contributed by atoms with Gasteiger partial charge in [-0.15, -0.1) is 0 Å². The van der Waals surface area contributed by atoms with Crippen LogP contribution in [-0.4, -0.2) is 13.2 Å². The fraction of sp³-hybridized carbons (Fsp3) is 0.455. The van der Waals surface area contributed by atoms with Gasteiger partial charge in [0.05, 0.1) is 12.2 Å². The molecule has 0 spiro atoms. The fourth-order valence-electron chi connectivity index (χ4n) is 1.91. The molecule has 1 atom stereocenters. The summed E-state index contributed by atoms with van der Waals surface area (Å²) in [4.78, 5) is 0. The Hall–Kier alpha value is -0.550. The largest absolute Gasteiger partial charge is 0.416 e. The highest BCUT2D eigenvalue weighted by molar-refractivity contribution is 9.10. The highest BCUT2D eigenvalue weighted by Crippen LogP contribution is 2.39. The number of ether oxygens (including phenoxy) is 1. The van der Waals surface area contributed by atoms with Crippen molar-refractivity contribution in [1.29, 1.82) is 0 Å². The van der Waals surface area contributed by atoms with Crippen LogP contribution in [0.2, 0.25) is 0 Å². The van der Waals surface area contributed by atoms with Gasteiger partial charge in [-0.1, -0.05) is 22.0 Å². The Morgan fingerprint density at radius 1 is 1.31 bits per heavy atom. The van der Waals surface area contributed by atoms with E-state index in [1.807, 2.05) is 0 Å². The van der Waals surface area contributed by atoms with Gasteiger partial charge < -0.3 is 4.74 Å². The predicted molar refractivity (Wildman–Crippen MR) is 57.3 cm³/mol. The molecule has 0 amide bonds. The Morgan fingerprint density at radius 2 is 2.06 bits per heavy atom. The van der Waals surface area contributed by atoms with Crippen molar-refractivity contribution in [1.82, 2.24) is 0 Å². The Bertz CT molecular complexity index is 383. The molecular weight excluding hydrogens is 285 g/mol. The van der Waals surface area contributed by atoms with E-state index >= 15 is 0 Å². The van der Waals surface area contributed by atoms with Gasteiger partial charge in [0.2, 0.25) is 0 Å². The second kappa shape index (κ2) is 4.37. The highest BCUT2D eigenvalue weighted by atomic mass is 79.9. The van der Waals surface area contributed by atoms with Crippen LogP contribution in [-0.2, 0) is 10.9 Å². The van der Waals surface area contributed by atoms with Crippen molar-refractivity contribution in [3.63, 3.8) is 0 Å². The maximum Gasteiger partial charge on any atom is 0.416 e. The van der Waals surface area contributed by atoms with Crippen LogP contribution in [0.15, 0.2) is 22.7 Å². The zero-order valence-electron chi connectivity index (χ0n) is 8.35. The van der Waals surface area contributed by atoms with Gasteiger partial charge in [0.1, 0.15) is 0 Å². The molecular formula is C11H10BrF3O. The molecule has 1 aromatic rings. The molecule has 1 saturated heterocycles. The van der Waals surface area contributed by atoms with E-state index < -0.39 is 11.7 Å². The summed E-state index contributed by atoms with van der Waals surface area (Å²) >= 11 is 3.07. The number of benzene rings is 1. The Kier molecular flexibility index (Phi) is 3.26. The molecule has 1 heterocycles. The van der Waals surface area contributed by atoms with E-state index in [0.29, 0.717) is 29.7 Å². The molecule has 1 unspecified atom stereocenters. The zero-order valence-corrected chi connectivity index (χ0v) is 9.94. The minimum Gasteiger partial charge on any atom is -0.381 e. The molecule has 1 aliphatic rings. The lowest BCUT2D eigenvalue weighted by Gasteiger charge is -2.16. The van der Waals surface area contributed by atoms with E-state index in [2.05, 4.69) is 15.9 Å². The third-order valence-electron chi connectivity index (χ3n) is 2.69. The third kappa shape index (κ3) is 2.40. The van der Waals surface area contributed by atoms with Gasteiger partial charge in [0, 0.05) is 17.0 Å². The SMILES string of the molecule is FC(F)(F)c1cc(Br)ccc1C1CCOC1. The van der Waals surface area contributed by atoms with E-state index in [1.54, 1.807) is 6.07 Å². The summed E-state index contributed by atoms with van der Waals surface area (Å²) in [7, 11) is 0. The summed E-state index contributed by atoms with van der Waals surface area (Å²) in [6, 6.07) is 4.31. The first-order chi connectivity index (χ1) is 7.48. The van der Waals surface area contributed by atoms with Gasteiger partial charge >= 0.3 is 6.18 Å². The van der Waals surface area contributed by atoms with Crippen LogP contribution in [0.1, 0.15) is 23.5 Å². The predicted octanol–water partition coefficient (Wildman–Crippen LogP) is 3.97. The molecule has 1 nitrogen and oxygen atoms in total. The number of halogens is 4. The molecule has 0 aliphatic carbocycles. The molecule has 0 radical (unpaired) electrons. The van der Waals surface area contributed by atoms with Gasteiger partial charge in [0.25, 0.3) is 0 Å². The van der Waals surface area contributed by atoms with Crippen molar-refractivity contribution >= 4 is 15.9 Å². The van der Waals surface area contributed by atoms with Gasteiger partial charge in [-0.25, -0.2) is 0 Å². The molecule has 88 valence electrons. The molecule has 5 heteroatoms. The van der Waals surface area contributed by atoms with Crippen LogP contribution < -0.4 is 0 Å². The van der Waals surface area contributed by atoms with Crippen molar-refractivity contribution in [2.24, 2.45) is 0 Å². The lowest BCUT2D eigenvalue weighted by atomic mass is 9.93. The average molecular weight is 295 g/mol. The monoisotopic (exact) mass is 294 g/mol. The van der Waals surface area contributed by atoms with Crippen LogP contribution in [0.25, 0.3) is 0 Å². The van der Waals surface area contributed by atoms with Crippen LogP contribution in [0.4, 0.5) is 13.2 Å². The number of hydrogen-bond donors (Lipinski definition) is 0. The minimum absolute atomic E-state index is 0.135. The lowest BCUT2D eigenvalue weighted by Crippen LogP contribution is -2.12. The number of hydrogen-bond acceptors (Lipinski definition) is 1. The van der Waals surface area contributed by atoms with E-state index in [9.17, 15) is 13.2 Å². The highest BCUT2D eigenvalue weighted by Gasteiger charge is 2.36. The Labute approximate surface area is 99.7 Å². The summed E-state index contributed by atoms with van der Waals surface area (Å²) in [6.07, 6.45) is -3.65. The second-order valence-corrected chi connectivity index (χ2v) is 4.71. The molecule has 1 aromatic carbocycles. The van der Waals surface area contributed by atoms with Crippen molar-refractivity contribution in [3.8, 4) is 0 Å². The maximum absolute atomic E-state index is 12.8. The molecule has 1 aliphatic heterocycles. The Balaban J connectivity index is 2.43. The molecule has 0 bridgehead atoms. The summed E-state index contributed by atoms with van der Waals surface area (Å²) in [6.45, 7) is 0.919. The van der Waals surface area contributed by atoms with Crippen molar-refractivity contribution in [3.05, 3.63) is 33.8 Å². The van der Waals surface area contributed by atoms with Gasteiger partial charge in [-0.3, -0.25) is 0 Å². The first kappa shape index (κ1) is 11.9.